The van der Waals surface area contributed by atoms with E-state index < -0.39 is 16.3 Å². The number of rotatable bonds is 4. The van der Waals surface area contributed by atoms with Crippen LogP contribution < -0.4 is 9.44 Å². The highest BCUT2D eigenvalue weighted by molar-refractivity contribution is 7.87. The number of nitrogens with one attached hydrogen (secondary N) is 2. The predicted octanol–water partition coefficient (Wildman–Crippen LogP) is 0.266. The molecule has 0 saturated heterocycles. The molecule has 0 spiro atoms. The van der Waals surface area contributed by atoms with Gasteiger partial charge in [0.05, 0.1) is 6.10 Å². The molecule has 0 aromatic carbocycles. The van der Waals surface area contributed by atoms with Crippen molar-refractivity contribution >= 4 is 10.2 Å². The van der Waals surface area contributed by atoms with Gasteiger partial charge >= 0.3 is 0 Å². The molecular formula is C10H20N2O3S. The van der Waals surface area contributed by atoms with Gasteiger partial charge in [0, 0.05) is 12.1 Å². The van der Waals surface area contributed by atoms with Crippen LogP contribution in [-0.2, 0) is 10.2 Å². The SMILES string of the molecule is O=S(=O)(NC1CC1)NC1CCCCCC1O. The summed E-state index contributed by atoms with van der Waals surface area (Å²) in [6.45, 7) is 0. The summed E-state index contributed by atoms with van der Waals surface area (Å²) in [5, 5.41) is 9.81. The molecule has 3 N–H and O–H groups in total. The van der Waals surface area contributed by atoms with Gasteiger partial charge in [0.2, 0.25) is 0 Å². The van der Waals surface area contributed by atoms with Crippen molar-refractivity contribution in [2.45, 2.75) is 63.1 Å². The Morgan fingerprint density at radius 1 is 0.938 bits per heavy atom. The van der Waals surface area contributed by atoms with Crippen molar-refractivity contribution in [3.05, 3.63) is 0 Å². The smallest absolute Gasteiger partial charge is 0.277 e. The van der Waals surface area contributed by atoms with Crippen LogP contribution in [0.15, 0.2) is 0 Å². The van der Waals surface area contributed by atoms with Gasteiger partial charge in [-0.3, -0.25) is 0 Å². The Kier molecular flexibility index (Phi) is 3.84. The lowest BCUT2D eigenvalue weighted by molar-refractivity contribution is 0.130. The van der Waals surface area contributed by atoms with E-state index in [2.05, 4.69) is 9.44 Å². The van der Waals surface area contributed by atoms with Crippen molar-refractivity contribution < 1.29 is 13.5 Å². The highest BCUT2D eigenvalue weighted by Crippen LogP contribution is 2.21. The summed E-state index contributed by atoms with van der Waals surface area (Å²) in [6, 6.07) is -0.209. The van der Waals surface area contributed by atoms with Gasteiger partial charge in [0.1, 0.15) is 0 Å². The Labute approximate surface area is 96.8 Å². The molecule has 0 heterocycles. The van der Waals surface area contributed by atoms with Crippen LogP contribution in [0.1, 0.15) is 44.9 Å². The highest BCUT2D eigenvalue weighted by atomic mass is 32.2. The van der Waals surface area contributed by atoms with E-state index in [9.17, 15) is 13.5 Å². The molecule has 2 aliphatic carbocycles. The molecule has 0 bridgehead atoms. The van der Waals surface area contributed by atoms with Crippen LogP contribution >= 0.6 is 0 Å². The first-order valence-corrected chi connectivity index (χ1v) is 7.53. The molecule has 0 aliphatic heterocycles. The quantitative estimate of drug-likeness (QED) is 0.625. The minimum atomic E-state index is -3.43. The maximum atomic E-state index is 11.7. The van der Waals surface area contributed by atoms with Crippen molar-refractivity contribution in [2.75, 3.05) is 0 Å². The average molecular weight is 248 g/mol. The van der Waals surface area contributed by atoms with E-state index >= 15 is 0 Å². The summed E-state index contributed by atoms with van der Waals surface area (Å²) in [6.07, 6.45) is 5.76. The lowest BCUT2D eigenvalue weighted by atomic mass is 10.1. The first kappa shape index (κ1) is 12.3. The van der Waals surface area contributed by atoms with Crippen LogP contribution in [0, 0.1) is 0 Å². The van der Waals surface area contributed by atoms with Gasteiger partial charge in [0.15, 0.2) is 0 Å². The van der Waals surface area contributed by atoms with Gasteiger partial charge in [0.25, 0.3) is 10.2 Å². The molecule has 2 rings (SSSR count). The second-order valence-corrected chi connectivity index (χ2v) is 6.30. The van der Waals surface area contributed by atoms with E-state index in [1.807, 2.05) is 0 Å². The summed E-state index contributed by atoms with van der Waals surface area (Å²) >= 11 is 0. The summed E-state index contributed by atoms with van der Waals surface area (Å²) in [7, 11) is -3.43. The lowest BCUT2D eigenvalue weighted by Crippen LogP contribution is -2.48. The van der Waals surface area contributed by atoms with E-state index in [0.29, 0.717) is 6.42 Å². The number of hydrogen-bond donors (Lipinski definition) is 3. The summed E-state index contributed by atoms with van der Waals surface area (Å²) in [4.78, 5) is 0. The van der Waals surface area contributed by atoms with E-state index in [4.69, 9.17) is 0 Å². The van der Waals surface area contributed by atoms with Crippen LogP contribution in [0.5, 0.6) is 0 Å². The third-order valence-corrected chi connectivity index (χ3v) is 4.44. The molecule has 2 atom stereocenters. The van der Waals surface area contributed by atoms with Gasteiger partial charge in [-0.1, -0.05) is 19.3 Å². The standard InChI is InChI=1S/C10H20N2O3S/c13-10-5-3-1-2-4-9(10)12-16(14,15)11-8-6-7-8/h8-13H,1-7H2. The second-order valence-electron chi connectivity index (χ2n) is 4.83. The van der Waals surface area contributed by atoms with E-state index in [0.717, 1.165) is 38.5 Å². The molecule has 0 radical (unpaired) electrons. The van der Waals surface area contributed by atoms with E-state index in [1.54, 1.807) is 0 Å². The van der Waals surface area contributed by atoms with Crippen molar-refractivity contribution in [3.8, 4) is 0 Å². The van der Waals surface area contributed by atoms with Gasteiger partial charge < -0.3 is 5.11 Å². The van der Waals surface area contributed by atoms with Crippen molar-refractivity contribution in [3.63, 3.8) is 0 Å². The van der Waals surface area contributed by atoms with Crippen molar-refractivity contribution in [1.82, 2.24) is 9.44 Å². The molecule has 94 valence electrons. The van der Waals surface area contributed by atoms with Crippen molar-refractivity contribution in [2.24, 2.45) is 0 Å². The first-order valence-electron chi connectivity index (χ1n) is 6.04. The summed E-state index contributed by atoms with van der Waals surface area (Å²) in [5.74, 6) is 0. The zero-order valence-electron chi connectivity index (χ0n) is 9.35. The zero-order valence-corrected chi connectivity index (χ0v) is 10.2. The predicted molar refractivity (Wildman–Crippen MR) is 61.1 cm³/mol. The van der Waals surface area contributed by atoms with Crippen molar-refractivity contribution in [1.29, 1.82) is 0 Å². The Hall–Kier alpha value is -0.170. The van der Waals surface area contributed by atoms with Crippen LogP contribution in [0.25, 0.3) is 0 Å². The maximum Gasteiger partial charge on any atom is 0.277 e. The van der Waals surface area contributed by atoms with E-state index in [1.165, 1.54) is 0 Å². The van der Waals surface area contributed by atoms with Gasteiger partial charge in [-0.25, -0.2) is 0 Å². The van der Waals surface area contributed by atoms with Crippen LogP contribution in [0.4, 0.5) is 0 Å². The number of hydrogen-bond acceptors (Lipinski definition) is 3. The van der Waals surface area contributed by atoms with E-state index in [-0.39, 0.29) is 12.1 Å². The molecule has 2 unspecified atom stereocenters. The van der Waals surface area contributed by atoms with Crippen LogP contribution in [0.2, 0.25) is 0 Å². The van der Waals surface area contributed by atoms with Gasteiger partial charge in [-0.05, 0) is 25.7 Å². The largest absolute Gasteiger partial charge is 0.391 e. The molecule has 2 saturated carbocycles. The normalized spacial score (nSPS) is 32.3. The average Bonchev–Trinajstić information content (AvgIpc) is 2.97. The third kappa shape index (κ3) is 3.69. The fourth-order valence-electron chi connectivity index (χ4n) is 2.08. The Balaban J connectivity index is 1.90. The molecule has 0 amide bonds. The molecular weight excluding hydrogens is 228 g/mol. The minimum absolute atomic E-state index is 0.112. The van der Waals surface area contributed by atoms with Crippen LogP contribution in [-0.4, -0.2) is 31.7 Å². The molecule has 2 fully saturated rings. The molecule has 6 heteroatoms. The fourth-order valence-corrected chi connectivity index (χ4v) is 3.50. The maximum absolute atomic E-state index is 11.7. The number of aliphatic hydroxyl groups excluding tert-OH is 1. The lowest BCUT2D eigenvalue weighted by Gasteiger charge is -2.21. The van der Waals surface area contributed by atoms with Crippen LogP contribution in [0.3, 0.4) is 0 Å². The third-order valence-electron chi connectivity index (χ3n) is 3.19. The minimum Gasteiger partial charge on any atom is -0.391 e. The fraction of sp³-hybridized carbons (Fsp3) is 1.00. The zero-order chi connectivity index (χ0) is 11.6. The molecule has 16 heavy (non-hydrogen) atoms. The monoisotopic (exact) mass is 248 g/mol. The number of aliphatic hydroxyl groups is 1. The molecule has 0 aromatic heterocycles. The Morgan fingerprint density at radius 2 is 1.62 bits per heavy atom. The molecule has 2 aliphatic rings. The molecule has 5 nitrogen and oxygen atoms in total. The molecule has 0 aromatic rings. The second kappa shape index (κ2) is 5.00. The highest BCUT2D eigenvalue weighted by Gasteiger charge is 2.30. The first-order chi connectivity index (χ1) is 7.57. The summed E-state index contributed by atoms with van der Waals surface area (Å²) < 4.78 is 28.5. The van der Waals surface area contributed by atoms with Gasteiger partial charge in [-0.15, -0.1) is 0 Å². The van der Waals surface area contributed by atoms with Gasteiger partial charge in [-0.2, -0.15) is 17.9 Å². The summed E-state index contributed by atoms with van der Waals surface area (Å²) in [5.41, 5.74) is 0. The topological polar surface area (TPSA) is 78.4 Å². The Bertz CT molecular complexity index is 327. The Morgan fingerprint density at radius 3 is 2.31 bits per heavy atom.